The number of hydrogen-bond acceptors (Lipinski definition) is 6. The normalized spacial score (nSPS) is 18.4. The predicted octanol–water partition coefficient (Wildman–Crippen LogP) is 4.84. The summed E-state index contributed by atoms with van der Waals surface area (Å²) in [6, 6.07) is 4.23. The number of carbonyl (C=O) groups excluding carboxylic acids is 1. The highest BCUT2D eigenvalue weighted by molar-refractivity contribution is 6.30. The molecule has 1 amide bonds. The molecule has 1 aliphatic rings. The summed E-state index contributed by atoms with van der Waals surface area (Å²) in [5, 5.41) is 1.73. The lowest BCUT2D eigenvalue weighted by atomic mass is 10.2. The van der Waals surface area contributed by atoms with Gasteiger partial charge in [-0.1, -0.05) is 11.6 Å². The quantitative estimate of drug-likeness (QED) is 0.573. The van der Waals surface area contributed by atoms with Gasteiger partial charge in [-0.05, 0) is 24.3 Å². The number of alkyl halides is 6. The Kier molecular flexibility index (Phi) is 7.83. The third-order valence-electron chi connectivity index (χ3n) is 4.62. The molecule has 2 aromatic rings. The fourth-order valence-corrected chi connectivity index (χ4v) is 3.15. The zero-order valence-corrected chi connectivity index (χ0v) is 17.7. The summed E-state index contributed by atoms with van der Waals surface area (Å²) in [7, 11) is 0. The van der Waals surface area contributed by atoms with E-state index in [1.807, 2.05) is 5.32 Å². The molecule has 1 aromatic heterocycles. The van der Waals surface area contributed by atoms with Crippen molar-refractivity contribution >= 4 is 23.4 Å². The third kappa shape index (κ3) is 6.90. The lowest BCUT2D eigenvalue weighted by Gasteiger charge is -2.35. The number of carbonyl (C=O) groups is 1. The third-order valence-corrected chi connectivity index (χ3v) is 4.92. The molecule has 1 fully saturated rings. The van der Waals surface area contributed by atoms with Gasteiger partial charge in [-0.25, -0.2) is 19.2 Å². The van der Waals surface area contributed by atoms with Crippen LogP contribution < -0.4 is 5.32 Å². The van der Waals surface area contributed by atoms with Crippen LogP contribution in [0.5, 0.6) is 0 Å². The second kappa shape index (κ2) is 10.3. The fraction of sp³-hybridized carbons (Fsp3) is 0.421. The first kappa shape index (κ1) is 25.9. The molecular weight excluding hydrogens is 501 g/mol. The average Bonchev–Trinajstić information content (AvgIpc) is 2.75. The molecular formula is C19H16ClF7N4O3. The van der Waals surface area contributed by atoms with E-state index in [4.69, 9.17) is 16.3 Å². The summed E-state index contributed by atoms with van der Waals surface area (Å²) in [5.74, 6) is -2.30. The molecule has 0 radical (unpaired) electrons. The summed E-state index contributed by atoms with van der Waals surface area (Å²) in [6.45, 7) is -1.16. The van der Waals surface area contributed by atoms with Crippen molar-refractivity contribution in [2.75, 3.05) is 31.6 Å². The molecule has 34 heavy (non-hydrogen) atoms. The molecule has 0 bridgehead atoms. The van der Waals surface area contributed by atoms with E-state index >= 15 is 0 Å². The van der Waals surface area contributed by atoms with Crippen LogP contribution in [0, 0.1) is 5.82 Å². The van der Waals surface area contributed by atoms with Crippen LogP contribution in [0.3, 0.4) is 0 Å². The number of ether oxygens (including phenoxy) is 2. The Balaban J connectivity index is 1.66. The Morgan fingerprint density at radius 1 is 1.26 bits per heavy atom. The maximum absolute atomic E-state index is 13.5. The number of aromatic nitrogens is 2. The maximum atomic E-state index is 13.5. The van der Waals surface area contributed by atoms with E-state index in [0.29, 0.717) is 0 Å². The highest BCUT2D eigenvalue weighted by atomic mass is 35.5. The molecule has 0 aliphatic carbocycles. The zero-order valence-electron chi connectivity index (χ0n) is 17.0. The molecule has 2 atom stereocenters. The van der Waals surface area contributed by atoms with Crippen molar-refractivity contribution in [1.82, 2.24) is 14.9 Å². The van der Waals surface area contributed by atoms with Gasteiger partial charge in [0.15, 0.2) is 0 Å². The Bertz CT molecular complexity index is 1020. The van der Waals surface area contributed by atoms with E-state index < -0.39 is 48.8 Å². The smallest absolute Gasteiger partial charge is 0.435 e. The van der Waals surface area contributed by atoms with E-state index in [2.05, 4.69) is 14.7 Å². The number of benzene rings is 1. The molecule has 2 unspecified atom stereocenters. The molecule has 1 aromatic carbocycles. The summed E-state index contributed by atoms with van der Waals surface area (Å²) in [4.78, 5) is 19.7. The van der Waals surface area contributed by atoms with E-state index in [9.17, 15) is 35.5 Å². The Morgan fingerprint density at radius 2 is 2.00 bits per heavy atom. The predicted molar refractivity (Wildman–Crippen MR) is 104 cm³/mol. The van der Waals surface area contributed by atoms with E-state index in [-0.39, 0.29) is 36.1 Å². The highest BCUT2D eigenvalue weighted by Crippen LogP contribution is 2.30. The molecule has 2 heterocycles. The van der Waals surface area contributed by atoms with Crippen LogP contribution in [-0.4, -0.2) is 59.5 Å². The van der Waals surface area contributed by atoms with Crippen LogP contribution in [0.1, 0.15) is 17.6 Å². The van der Waals surface area contributed by atoms with Crippen LogP contribution in [0.15, 0.2) is 30.5 Å². The molecule has 1 N–H and O–H groups in total. The number of nitrogens with zero attached hydrogens (tertiary/aromatic N) is 3. The number of rotatable bonds is 5. The lowest BCUT2D eigenvalue weighted by molar-refractivity contribution is -0.209. The number of hydrogen-bond donors (Lipinski definition) is 1. The largest absolute Gasteiger partial charge is 0.451 e. The molecule has 1 aliphatic heterocycles. The minimum atomic E-state index is -4.96. The first-order valence-electron chi connectivity index (χ1n) is 9.56. The number of halogens is 8. The lowest BCUT2D eigenvalue weighted by Crippen LogP contribution is -2.48. The first-order chi connectivity index (χ1) is 15.8. The van der Waals surface area contributed by atoms with Crippen molar-refractivity contribution in [2.45, 2.75) is 24.6 Å². The van der Waals surface area contributed by atoms with Crippen LogP contribution >= 0.6 is 11.6 Å². The van der Waals surface area contributed by atoms with E-state index in [1.165, 1.54) is 17.0 Å². The van der Waals surface area contributed by atoms with Crippen molar-refractivity contribution in [2.24, 2.45) is 0 Å². The average molecular weight is 517 g/mol. The minimum Gasteiger partial charge on any atom is -0.435 e. The second-order valence-electron chi connectivity index (χ2n) is 7.11. The minimum absolute atomic E-state index is 0.00628. The number of amides is 1. The van der Waals surface area contributed by atoms with Gasteiger partial charge in [-0.15, -0.1) is 0 Å². The van der Waals surface area contributed by atoms with Crippen molar-refractivity contribution in [3.05, 3.63) is 52.8 Å². The number of anilines is 1. The van der Waals surface area contributed by atoms with Gasteiger partial charge in [0.05, 0.1) is 17.3 Å². The van der Waals surface area contributed by atoms with Crippen LogP contribution in [0.4, 0.5) is 41.2 Å². The van der Waals surface area contributed by atoms with Gasteiger partial charge in [-0.3, -0.25) is 10.2 Å². The van der Waals surface area contributed by atoms with Gasteiger partial charge in [0.25, 0.3) is 0 Å². The topological polar surface area (TPSA) is 76.6 Å². The monoisotopic (exact) mass is 516 g/mol. The number of morpholine rings is 1. The Hall–Kier alpha value is -2.71. The van der Waals surface area contributed by atoms with Gasteiger partial charge in [0, 0.05) is 31.5 Å². The second-order valence-corrected chi connectivity index (χ2v) is 7.52. The molecule has 3 rings (SSSR count). The molecule has 186 valence electrons. The highest BCUT2D eigenvalue weighted by Gasteiger charge is 2.45. The van der Waals surface area contributed by atoms with Crippen molar-refractivity contribution in [3.8, 4) is 0 Å². The summed E-state index contributed by atoms with van der Waals surface area (Å²) >= 11 is 5.51. The molecule has 15 heteroatoms. The molecule has 1 saturated heterocycles. The Labute approximate surface area is 192 Å². The maximum Gasteiger partial charge on any atom is 0.451 e. The fourth-order valence-electron chi connectivity index (χ4n) is 3.03. The summed E-state index contributed by atoms with van der Waals surface area (Å²) in [5.41, 5.74) is -0.331. The SMILES string of the molecule is O=C(Nc1ccc(Cl)c(F)c1)OC(CN1CCOC(c2ccnc(C(F)(F)F)n2)C1)C(F)(F)F. The van der Waals surface area contributed by atoms with E-state index in [0.717, 1.165) is 18.3 Å². The van der Waals surface area contributed by atoms with Crippen molar-refractivity contribution in [3.63, 3.8) is 0 Å². The Morgan fingerprint density at radius 3 is 2.65 bits per heavy atom. The number of nitrogens with one attached hydrogen (secondary N) is 1. The van der Waals surface area contributed by atoms with Gasteiger partial charge >= 0.3 is 18.4 Å². The molecule has 0 saturated carbocycles. The van der Waals surface area contributed by atoms with Gasteiger partial charge in [0.1, 0.15) is 11.9 Å². The van der Waals surface area contributed by atoms with Crippen LogP contribution in [0.25, 0.3) is 0 Å². The standard InChI is InChI=1S/C19H16ClF7N4O3/c20-11-2-1-10(7-12(11)21)29-17(32)34-15(18(22,23)24)9-31-5-6-33-14(8-31)13-3-4-28-16(30-13)19(25,26)27/h1-4,7,14-15H,5-6,8-9H2,(H,29,32). The summed E-state index contributed by atoms with van der Waals surface area (Å²) < 4.78 is 102. The van der Waals surface area contributed by atoms with Crippen LogP contribution in [0.2, 0.25) is 5.02 Å². The summed E-state index contributed by atoms with van der Waals surface area (Å²) in [6.07, 6.45) is -14.0. The van der Waals surface area contributed by atoms with Gasteiger partial charge in [-0.2, -0.15) is 26.3 Å². The molecule has 7 nitrogen and oxygen atoms in total. The first-order valence-corrected chi connectivity index (χ1v) is 9.94. The molecule has 0 spiro atoms. The van der Waals surface area contributed by atoms with Crippen LogP contribution in [-0.2, 0) is 15.7 Å². The van der Waals surface area contributed by atoms with Gasteiger partial charge < -0.3 is 9.47 Å². The van der Waals surface area contributed by atoms with Gasteiger partial charge in [0.2, 0.25) is 11.9 Å². The van der Waals surface area contributed by atoms with E-state index in [1.54, 1.807) is 0 Å². The van der Waals surface area contributed by atoms with Crippen molar-refractivity contribution < 1.29 is 45.0 Å². The zero-order chi connectivity index (χ0) is 25.1. The van der Waals surface area contributed by atoms with Crippen molar-refractivity contribution in [1.29, 1.82) is 0 Å².